The molecular weight excluding hydrogens is 236 g/mol. The summed E-state index contributed by atoms with van der Waals surface area (Å²) in [6.07, 6.45) is 2.28. The molecule has 0 spiro atoms. The Morgan fingerprint density at radius 2 is 2.00 bits per heavy atom. The first-order valence-electron chi connectivity index (χ1n) is 7.22. The monoisotopic (exact) mass is 260 g/mol. The van der Waals surface area contributed by atoms with E-state index in [1.54, 1.807) is 0 Å². The molecule has 2 unspecified atom stereocenters. The van der Waals surface area contributed by atoms with Crippen LogP contribution in [-0.4, -0.2) is 18.5 Å². The number of piperidine rings is 1. The number of nitrogens with one attached hydrogen (secondary N) is 2. The van der Waals surface area contributed by atoms with Gasteiger partial charge in [-0.15, -0.1) is 0 Å². The van der Waals surface area contributed by atoms with E-state index >= 15 is 0 Å². The minimum Gasteiger partial charge on any atom is -0.325 e. The summed E-state index contributed by atoms with van der Waals surface area (Å²) in [5.41, 5.74) is 2.18. The van der Waals surface area contributed by atoms with E-state index in [0.29, 0.717) is 11.8 Å². The molecule has 0 saturated carbocycles. The van der Waals surface area contributed by atoms with Gasteiger partial charge in [-0.1, -0.05) is 32.9 Å². The van der Waals surface area contributed by atoms with Crippen LogP contribution in [-0.2, 0) is 4.79 Å². The Kier molecular flexibility index (Phi) is 4.59. The van der Waals surface area contributed by atoms with Crippen molar-refractivity contribution in [3.8, 4) is 0 Å². The van der Waals surface area contributed by atoms with Gasteiger partial charge in [-0.2, -0.15) is 0 Å². The Morgan fingerprint density at radius 1 is 1.32 bits per heavy atom. The number of carbonyl (C=O) groups is 1. The maximum absolute atomic E-state index is 12.2. The zero-order chi connectivity index (χ0) is 13.8. The lowest BCUT2D eigenvalue weighted by atomic mass is 9.92. The van der Waals surface area contributed by atoms with E-state index in [9.17, 15) is 4.79 Å². The van der Waals surface area contributed by atoms with Gasteiger partial charge in [0.25, 0.3) is 0 Å². The molecule has 3 heteroatoms. The molecule has 0 aliphatic carbocycles. The molecule has 2 rings (SSSR count). The second-order valence-corrected chi connectivity index (χ2v) is 5.82. The molecule has 3 nitrogen and oxygen atoms in total. The van der Waals surface area contributed by atoms with E-state index in [0.717, 1.165) is 25.1 Å². The molecule has 1 aromatic rings. The summed E-state index contributed by atoms with van der Waals surface area (Å²) < 4.78 is 0. The summed E-state index contributed by atoms with van der Waals surface area (Å²) in [4.78, 5) is 12.2. The van der Waals surface area contributed by atoms with Crippen molar-refractivity contribution in [1.82, 2.24) is 5.32 Å². The third kappa shape index (κ3) is 3.57. The van der Waals surface area contributed by atoms with Gasteiger partial charge < -0.3 is 10.6 Å². The topological polar surface area (TPSA) is 41.1 Å². The van der Waals surface area contributed by atoms with Gasteiger partial charge in [-0.3, -0.25) is 4.79 Å². The van der Waals surface area contributed by atoms with E-state index in [1.165, 1.54) is 5.56 Å². The zero-order valence-electron chi connectivity index (χ0n) is 12.1. The van der Waals surface area contributed by atoms with Crippen LogP contribution in [0.3, 0.4) is 0 Å². The third-order valence-electron chi connectivity index (χ3n) is 3.90. The van der Waals surface area contributed by atoms with Crippen LogP contribution in [0.1, 0.15) is 45.1 Å². The van der Waals surface area contributed by atoms with E-state index < -0.39 is 0 Å². The Hall–Kier alpha value is -1.35. The van der Waals surface area contributed by atoms with Gasteiger partial charge >= 0.3 is 0 Å². The van der Waals surface area contributed by atoms with Crippen molar-refractivity contribution < 1.29 is 4.79 Å². The van der Waals surface area contributed by atoms with Crippen LogP contribution in [0.15, 0.2) is 24.3 Å². The van der Waals surface area contributed by atoms with E-state index in [2.05, 4.69) is 43.5 Å². The summed E-state index contributed by atoms with van der Waals surface area (Å²) in [5, 5.41) is 6.31. The molecule has 1 heterocycles. The molecule has 104 valence electrons. The van der Waals surface area contributed by atoms with Gasteiger partial charge in [0.15, 0.2) is 0 Å². The first-order chi connectivity index (χ1) is 9.08. The molecule has 2 N–H and O–H groups in total. The maximum Gasteiger partial charge on any atom is 0.241 e. The average molecular weight is 260 g/mol. The lowest BCUT2D eigenvalue weighted by molar-refractivity contribution is -0.119. The Labute approximate surface area is 115 Å². The standard InChI is InChI=1S/C16H24N2O/c1-11(2)13-6-8-14(9-7-13)18-16(19)15-12(3)5-4-10-17-15/h6-9,11-12,15,17H,4-5,10H2,1-3H3,(H,18,19). The summed E-state index contributed by atoms with van der Waals surface area (Å²) >= 11 is 0. The van der Waals surface area contributed by atoms with Crippen molar-refractivity contribution in [2.75, 3.05) is 11.9 Å². The van der Waals surface area contributed by atoms with Gasteiger partial charge in [0.2, 0.25) is 5.91 Å². The fraction of sp³-hybridized carbons (Fsp3) is 0.562. The minimum absolute atomic E-state index is 0.0569. The normalized spacial score (nSPS) is 23.4. The van der Waals surface area contributed by atoms with E-state index in [-0.39, 0.29) is 11.9 Å². The van der Waals surface area contributed by atoms with Crippen LogP contribution >= 0.6 is 0 Å². The molecule has 1 amide bonds. The minimum atomic E-state index is -0.0569. The highest BCUT2D eigenvalue weighted by atomic mass is 16.2. The van der Waals surface area contributed by atoms with Crippen LogP contribution in [0.5, 0.6) is 0 Å². The van der Waals surface area contributed by atoms with Crippen LogP contribution in [0.2, 0.25) is 0 Å². The largest absolute Gasteiger partial charge is 0.325 e. The second-order valence-electron chi connectivity index (χ2n) is 5.82. The first kappa shape index (κ1) is 14.1. The van der Waals surface area contributed by atoms with Crippen molar-refractivity contribution in [2.24, 2.45) is 5.92 Å². The number of hydrogen-bond acceptors (Lipinski definition) is 2. The molecule has 1 aromatic carbocycles. The number of hydrogen-bond donors (Lipinski definition) is 2. The van der Waals surface area contributed by atoms with Crippen molar-refractivity contribution in [3.63, 3.8) is 0 Å². The summed E-state index contributed by atoms with van der Waals surface area (Å²) in [6, 6.07) is 8.08. The van der Waals surface area contributed by atoms with Gasteiger partial charge in [-0.25, -0.2) is 0 Å². The molecular formula is C16H24N2O. The molecule has 1 aliphatic rings. The highest BCUT2D eigenvalue weighted by molar-refractivity contribution is 5.95. The van der Waals surface area contributed by atoms with E-state index in [4.69, 9.17) is 0 Å². The fourth-order valence-electron chi connectivity index (χ4n) is 2.57. The maximum atomic E-state index is 12.2. The smallest absolute Gasteiger partial charge is 0.241 e. The predicted octanol–water partition coefficient (Wildman–Crippen LogP) is 3.14. The number of amides is 1. The van der Waals surface area contributed by atoms with Crippen LogP contribution in [0, 0.1) is 5.92 Å². The lowest BCUT2D eigenvalue weighted by Crippen LogP contribution is -2.48. The van der Waals surface area contributed by atoms with Crippen LogP contribution in [0.25, 0.3) is 0 Å². The van der Waals surface area contributed by atoms with Crippen LogP contribution < -0.4 is 10.6 Å². The van der Waals surface area contributed by atoms with Crippen molar-refractivity contribution in [3.05, 3.63) is 29.8 Å². The molecule has 1 fully saturated rings. The first-order valence-corrected chi connectivity index (χ1v) is 7.22. The summed E-state index contributed by atoms with van der Waals surface area (Å²) in [5.74, 6) is 1.01. The fourth-order valence-corrected chi connectivity index (χ4v) is 2.57. The van der Waals surface area contributed by atoms with Crippen LogP contribution in [0.4, 0.5) is 5.69 Å². The zero-order valence-corrected chi connectivity index (χ0v) is 12.1. The summed E-state index contributed by atoms with van der Waals surface area (Å²) in [6.45, 7) is 7.41. The van der Waals surface area contributed by atoms with Crippen molar-refractivity contribution in [1.29, 1.82) is 0 Å². The van der Waals surface area contributed by atoms with E-state index in [1.807, 2.05) is 12.1 Å². The molecule has 1 aliphatic heterocycles. The molecule has 2 atom stereocenters. The summed E-state index contributed by atoms with van der Waals surface area (Å²) in [7, 11) is 0. The van der Waals surface area contributed by atoms with Gasteiger partial charge in [-0.05, 0) is 48.9 Å². The quantitative estimate of drug-likeness (QED) is 0.876. The molecule has 0 aromatic heterocycles. The number of rotatable bonds is 3. The number of benzene rings is 1. The second kappa shape index (κ2) is 6.20. The highest BCUT2D eigenvalue weighted by Crippen LogP contribution is 2.19. The molecule has 0 radical (unpaired) electrons. The number of carbonyl (C=O) groups excluding carboxylic acids is 1. The van der Waals surface area contributed by atoms with Gasteiger partial charge in [0.1, 0.15) is 0 Å². The lowest BCUT2D eigenvalue weighted by Gasteiger charge is -2.28. The number of anilines is 1. The third-order valence-corrected chi connectivity index (χ3v) is 3.90. The van der Waals surface area contributed by atoms with Gasteiger partial charge in [0.05, 0.1) is 6.04 Å². The Balaban J connectivity index is 1.98. The SMILES string of the molecule is CC(C)c1ccc(NC(=O)C2NCCCC2C)cc1. The molecule has 19 heavy (non-hydrogen) atoms. The Morgan fingerprint density at radius 3 is 2.58 bits per heavy atom. The highest BCUT2D eigenvalue weighted by Gasteiger charge is 2.27. The Bertz CT molecular complexity index is 425. The van der Waals surface area contributed by atoms with Crippen molar-refractivity contribution >= 4 is 11.6 Å². The molecule has 0 bridgehead atoms. The van der Waals surface area contributed by atoms with Gasteiger partial charge in [0, 0.05) is 5.69 Å². The average Bonchev–Trinajstić information content (AvgIpc) is 2.39. The van der Waals surface area contributed by atoms with Crippen molar-refractivity contribution in [2.45, 2.75) is 45.6 Å². The molecule has 1 saturated heterocycles. The predicted molar refractivity (Wildman–Crippen MR) is 79.3 cm³/mol.